The number of anilines is 1. The molecule has 0 saturated carbocycles. The zero-order valence-electron chi connectivity index (χ0n) is 18.9. The molecule has 30 heavy (non-hydrogen) atoms. The number of guanidine groups is 1. The number of hydrogen-bond donors (Lipinski definition) is 2. The molecule has 0 spiro atoms. The van der Waals surface area contributed by atoms with Crippen molar-refractivity contribution in [1.82, 2.24) is 15.6 Å². The summed E-state index contributed by atoms with van der Waals surface area (Å²) in [7, 11) is 3.99. The number of rotatable bonds is 11. The van der Waals surface area contributed by atoms with Gasteiger partial charge in [-0.3, -0.25) is 0 Å². The van der Waals surface area contributed by atoms with Gasteiger partial charge in [-0.25, -0.2) is 9.98 Å². The predicted octanol–water partition coefficient (Wildman–Crippen LogP) is 3.13. The van der Waals surface area contributed by atoms with Gasteiger partial charge in [-0.15, -0.1) is 0 Å². The fourth-order valence-electron chi connectivity index (χ4n) is 2.94. The van der Waals surface area contributed by atoms with Crippen LogP contribution in [0.3, 0.4) is 0 Å². The third-order valence-corrected chi connectivity index (χ3v) is 4.40. The summed E-state index contributed by atoms with van der Waals surface area (Å²) in [4.78, 5) is 11.2. The summed E-state index contributed by atoms with van der Waals surface area (Å²) >= 11 is 0. The van der Waals surface area contributed by atoms with E-state index in [0.29, 0.717) is 32.9 Å². The van der Waals surface area contributed by atoms with E-state index < -0.39 is 0 Å². The monoisotopic (exact) mass is 413 g/mol. The molecule has 7 heteroatoms. The van der Waals surface area contributed by atoms with Crippen LogP contribution in [-0.4, -0.2) is 51.4 Å². The van der Waals surface area contributed by atoms with Crippen molar-refractivity contribution in [1.29, 1.82) is 0 Å². The van der Waals surface area contributed by atoms with E-state index in [0.717, 1.165) is 40.8 Å². The number of ether oxygens (including phenoxy) is 2. The second-order valence-corrected chi connectivity index (χ2v) is 7.09. The normalized spacial score (nSPS) is 11.3. The van der Waals surface area contributed by atoms with Gasteiger partial charge < -0.3 is 25.0 Å². The topological polar surface area (TPSA) is 71.0 Å². The third-order valence-electron chi connectivity index (χ3n) is 4.40. The molecule has 2 N–H and O–H groups in total. The highest BCUT2D eigenvalue weighted by Gasteiger charge is 2.08. The lowest BCUT2D eigenvalue weighted by Crippen LogP contribution is -2.37. The lowest BCUT2D eigenvalue weighted by atomic mass is 10.1. The van der Waals surface area contributed by atoms with Crippen molar-refractivity contribution in [3.05, 3.63) is 53.2 Å². The van der Waals surface area contributed by atoms with Crippen molar-refractivity contribution in [3.63, 3.8) is 0 Å². The quantitative estimate of drug-likeness (QED) is 0.335. The maximum absolute atomic E-state index is 5.93. The molecular formula is C23H35N5O2. The minimum atomic E-state index is 0.521. The molecule has 2 rings (SSSR count). The van der Waals surface area contributed by atoms with Gasteiger partial charge in [-0.2, -0.15) is 0 Å². The van der Waals surface area contributed by atoms with Crippen molar-refractivity contribution in [2.45, 2.75) is 33.9 Å². The van der Waals surface area contributed by atoms with E-state index in [4.69, 9.17) is 14.5 Å². The van der Waals surface area contributed by atoms with Crippen molar-refractivity contribution in [2.24, 2.45) is 4.99 Å². The van der Waals surface area contributed by atoms with E-state index in [-0.39, 0.29) is 0 Å². The molecule has 0 unspecified atom stereocenters. The van der Waals surface area contributed by atoms with Gasteiger partial charge in [0.25, 0.3) is 0 Å². The van der Waals surface area contributed by atoms with E-state index in [1.807, 2.05) is 38.2 Å². The summed E-state index contributed by atoms with van der Waals surface area (Å²) in [5.41, 5.74) is 3.32. The van der Waals surface area contributed by atoms with Gasteiger partial charge in [-0.05, 0) is 38.5 Å². The summed E-state index contributed by atoms with van der Waals surface area (Å²) in [5.74, 6) is 2.56. The third kappa shape index (κ3) is 7.55. The van der Waals surface area contributed by atoms with Gasteiger partial charge in [-0.1, -0.05) is 18.2 Å². The molecule has 1 aromatic carbocycles. The Balaban J connectivity index is 2.07. The Morgan fingerprint density at radius 1 is 1.10 bits per heavy atom. The molecule has 0 aliphatic rings. The predicted molar refractivity (Wildman–Crippen MR) is 123 cm³/mol. The molecule has 0 amide bonds. The smallest absolute Gasteiger partial charge is 0.191 e. The van der Waals surface area contributed by atoms with E-state index >= 15 is 0 Å². The number of aromatic nitrogens is 1. The van der Waals surface area contributed by atoms with Crippen LogP contribution in [0.25, 0.3) is 0 Å². The average Bonchev–Trinajstić information content (AvgIpc) is 2.74. The minimum absolute atomic E-state index is 0.521. The maximum atomic E-state index is 5.93. The SMILES string of the molecule is CCNC(=NCc1ccc(C)cc1OCCOCC)NCc1cccnc1N(C)C. The first-order chi connectivity index (χ1) is 14.5. The Morgan fingerprint density at radius 3 is 2.67 bits per heavy atom. The number of aliphatic imine (C=N–C) groups is 1. The molecule has 0 aliphatic heterocycles. The van der Waals surface area contributed by atoms with E-state index in [9.17, 15) is 0 Å². The van der Waals surface area contributed by atoms with Crippen LogP contribution in [-0.2, 0) is 17.8 Å². The highest BCUT2D eigenvalue weighted by atomic mass is 16.5. The molecule has 0 aliphatic carbocycles. The lowest BCUT2D eigenvalue weighted by Gasteiger charge is -2.17. The molecule has 0 radical (unpaired) electrons. The van der Waals surface area contributed by atoms with Gasteiger partial charge in [0.2, 0.25) is 0 Å². The van der Waals surface area contributed by atoms with Crippen molar-refractivity contribution < 1.29 is 9.47 Å². The molecule has 2 aromatic rings. The van der Waals surface area contributed by atoms with Gasteiger partial charge in [0, 0.05) is 51.1 Å². The van der Waals surface area contributed by atoms with Crippen LogP contribution < -0.4 is 20.3 Å². The number of benzene rings is 1. The van der Waals surface area contributed by atoms with E-state index in [1.54, 1.807) is 0 Å². The first kappa shape index (κ1) is 23.5. The summed E-state index contributed by atoms with van der Waals surface area (Å²) < 4.78 is 11.3. The molecule has 1 aromatic heterocycles. The second-order valence-electron chi connectivity index (χ2n) is 7.09. The average molecular weight is 414 g/mol. The minimum Gasteiger partial charge on any atom is -0.491 e. The summed E-state index contributed by atoms with van der Waals surface area (Å²) in [5, 5.41) is 6.71. The van der Waals surface area contributed by atoms with Crippen molar-refractivity contribution >= 4 is 11.8 Å². The van der Waals surface area contributed by atoms with Gasteiger partial charge >= 0.3 is 0 Å². The molecule has 0 bridgehead atoms. The Morgan fingerprint density at radius 2 is 1.93 bits per heavy atom. The Labute approximate surface area is 180 Å². The van der Waals surface area contributed by atoms with E-state index in [2.05, 4.69) is 53.7 Å². The van der Waals surface area contributed by atoms with Crippen LogP contribution in [0, 0.1) is 6.92 Å². The number of nitrogens with one attached hydrogen (secondary N) is 2. The number of nitrogens with zero attached hydrogens (tertiary/aromatic N) is 3. The van der Waals surface area contributed by atoms with Crippen LogP contribution in [0.2, 0.25) is 0 Å². The highest BCUT2D eigenvalue weighted by Crippen LogP contribution is 2.21. The lowest BCUT2D eigenvalue weighted by molar-refractivity contribution is 0.110. The highest BCUT2D eigenvalue weighted by molar-refractivity contribution is 5.80. The molecular weight excluding hydrogens is 378 g/mol. The van der Waals surface area contributed by atoms with Gasteiger partial charge in [0.1, 0.15) is 18.2 Å². The van der Waals surface area contributed by atoms with Crippen molar-refractivity contribution in [2.75, 3.05) is 45.4 Å². The van der Waals surface area contributed by atoms with Gasteiger partial charge in [0.15, 0.2) is 5.96 Å². The van der Waals surface area contributed by atoms with Crippen LogP contribution >= 0.6 is 0 Å². The second kappa shape index (κ2) is 12.7. The number of pyridine rings is 1. The molecule has 1 heterocycles. The number of hydrogen-bond acceptors (Lipinski definition) is 5. The molecule has 7 nitrogen and oxygen atoms in total. The molecule has 0 fully saturated rings. The van der Waals surface area contributed by atoms with Crippen LogP contribution in [0.4, 0.5) is 5.82 Å². The van der Waals surface area contributed by atoms with Crippen LogP contribution in [0.15, 0.2) is 41.5 Å². The Kier molecular flexibility index (Phi) is 9.94. The summed E-state index contributed by atoms with van der Waals surface area (Å²) in [6.45, 7) is 9.84. The first-order valence-electron chi connectivity index (χ1n) is 10.5. The fraction of sp³-hybridized carbons (Fsp3) is 0.478. The number of aryl methyl sites for hydroxylation is 1. The molecule has 164 valence electrons. The molecule has 0 saturated heterocycles. The standard InChI is InChI=1S/C23H35N5O2/c1-6-24-23(27-17-20-9-8-12-25-22(20)28(4)5)26-16-19-11-10-18(3)15-21(19)30-14-13-29-7-2/h8-12,15H,6-7,13-14,16-17H2,1-5H3,(H2,24,26,27). The summed E-state index contributed by atoms with van der Waals surface area (Å²) in [6, 6.07) is 10.2. The Hall–Kier alpha value is -2.80. The fourth-order valence-corrected chi connectivity index (χ4v) is 2.94. The maximum Gasteiger partial charge on any atom is 0.191 e. The van der Waals surface area contributed by atoms with Crippen LogP contribution in [0.1, 0.15) is 30.5 Å². The Bertz CT molecular complexity index is 808. The van der Waals surface area contributed by atoms with Crippen molar-refractivity contribution in [3.8, 4) is 5.75 Å². The zero-order chi connectivity index (χ0) is 21.8. The summed E-state index contributed by atoms with van der Waals surface area (Å²) in [6.07, 6.45) is 1.81. The van der Waals surface area contributed by atoms with Gasteiger partial charge in [0.05, 0.1) is 13.2 Å². The molecule has 0 atom stereocenters. The zero-order valence-corrected chi connectivity index (χ0v) is 18.9. The first-order valence-corrected chi connectivity index (χ1v) is 10.5. The largest absolute Gasteiger partial charge is 0.491 e. The van der Waals surface area contributed by atoms with Crippen LogP contribution in [0.5, 0.6) is 5.75 Å². The van der Waals surface area contributed by atoms with E-state index in [1.165, 1.54) is 0 Å².